The van der Waals surface area contributed by atoms with Crippen LogP contribution in [0.4, 0.5) is 8.78 Å². The molecule has 0 saturated heterocycles. The molecule has 1 aliphatic heterocycles. The topological polar surface area (TPSA) is 32.0 Å². The van der Waals surface area contributed by atoms with Gasteiger partial charge in [-0.3, -0.25) is 0 Å². The van der Waals surface area contributed by atoms with Crippen molar-refractivity contribution in [3.63, 3.8) is 0 Å². The van der Waals surface area contributed by atoms with Gasteiger partial charge in [0.1, 0.15) is 19.4 Å². The lowest BCUT2D eigenvalue weighted by Crippen LogP contribution is -2.39. The molecule has 3 aliphatic rings. The van der Waals surface area contributed by atoms with Crippen molar-refractivity contribution in [1.82, 2.24) is 9.47 Å². The van der Waals surface area contributed by atoms with Crippen LogP contribution in [0.1, 0.15) is 54.5 Å². The number of benzene rings is 1. The Kier molecular flexibility index (Phi) is 4.23. The predicted molar refractivity (Wildman–Crippen MR) is 106 cm³/mol. The van der Waals surface area contributed by atoms with Crippen molar-refractivity contribution in [3.05, 3.63) is 53.2 Å². The molecule has 0 radical (unpaired) electrons. The molecule has 0 N–H and O–H groups in total. The number of alkyl halides is 2. The van der Waals surface area contributed by atoms with E-state index in [2.05, 4.69) is 28.8 Å². The van der Waals surface area contributed by atoms with E-state index in [1.165, 1.54) is 18.4 Å². The smallest absolute Gasteiger partial charge is 0.112 e. The Bertz CT molecular complexity index is 1010. The van der Waals surface area contributed by atoms with Crippen molar-refractivity contribution in [2.45, 2.75) is 43.7 Å². The highest BCUT2D eigenvalue weighted by atomic mass is 19.1. The first-order valence-corrected chi connectivity index (χ1v) is 10.1. The second-order valence-corrected chi connectivity index (χ2v) is 8.08. The summed E-state index contributed by atoms with van der Waals surface area (Å²) in [6.07, 6.45) is 10.3. The van der Waals surface area contributed by atoms with Gasteiger partial charge in [0.2, 0.25) is 0 Å². The van der Waals surface area contributed by atoms with Gasteiger partial charge in [-0.05, 0) is 49.3 Å². The van der Waals surface area contributed by atoms with Crippen molar-refractivity contribution in [3.8, 4) is 6.07 Å². The molecule has 2 heterocycles. The van der Waals surface area contributed by atoms with E-state index >= 15 is 0 Å². The lowest BCUT2D eigenvalue weighted by atomic mass is 10.0. The average Bonchev–Trinajstić information content (AvgIpc) is 3.65. The predicted octanol–water partition coefficient (Wildman–Crippen LogP) is 5.25. The summed E-state index contributed by atoms with van der Waals surface area (Å²) < 4.78 is 29.3. The average molecular weight is 379 g/mol. The molecule has 144 valence electrons. The number of allylic oxidation sites excluding steroid dienone is 2. The summed E-state index contributed by atoms with van der Waals surface area (Å²) in [5.41, 5.74) is 4.63. The number of hydrogen-bond acceptors (Lipinski definition) is 2. The van der Waals surface area contributed by atoms with Gasteiger partial charge in [-0.2, -0.15) is 5.26 Å². The summed E-state index contributed by atoms with van der Waals surface area (Å²) in [7, 11) is 0. The standard InChI is InChI=1S/C23H23F2N3/c24-12-18(13-25)27-10-2-1-3-21(27)23-20(14-26)19-9-6-16(15-4-5-15)11-22(19)28(23)17-7-8-17/h1-3,6,9,11,15,17-18H,4-5,7-8,10,12-13H2. The fourth-order valence-corrected chi connectivity index (χ4v) is 4.37. The minimum atomic E-state index is -0.824. The van der Waals surface area contributed by atoms with Crippen LogP contribution in [0, 0.1) is 11.3 Å². The van der Waals surface area contributed by atoms with Crippen molar-refractivity contribution < 1.29 is 8.78 Å². The highest BCUT2D eigenvalue weighted by Gasteiger charge is 2.35. The van der Waals surface area contributed by atoms with Crippen LogP contribution in [0.15, 0.2) is 36.4 Å². The highest BCUT2D eigenvalue weighted by Crippen LogP contribution is 2.47. The Morgan fingerprint density at radius 3 is 2.57 bits per heavy atom. The summed E-state index contributed by atoms with van der Waals surface area (Å²) in [6.45, 7) is -1.05. The van der Waals surface area contributed by atoms with E-state index in [0.717, 1.165) is 35.1 Å². The first-order chi connectivity index (χ1) is 13.8. The van der Waals surface area contributed by atoms with Crippen LogP contribution in [0.25, 0.3) is 16.6 Å². The quantitative estimate of drug-likeness (QED) is 0.687. The molecule has 1 aromatic carbocycles. The summed E-state index contributed by atoms with van der Waals surface area (Å²) in [5.74, 6) is 0.636. The molecule has 2 aromatic rings. The number of halogens is 2. The molecular formula is C23H23F2N3. The molecule has 5 heteroatoms. The first kappa shape index (κ1) is 17.5. The van der Waals surface area contributed by atoms with Crippen LogP contribution in [0.3, 0.4) is 0 Å². The Hall–Kier alpha value is -2.61. The molecule has 0 bridgehead atoms. The van der Waals surface area contributed by atoms with E-state index in [0.29, 0.717) is 24.1 Å². The molecule has 0 unspecified atom stereocenters. The third-order valence-electron chi connectivity index (χ3n) is 6.14. The molecule has 5 rings (SSSR count). The molecule has 0 spiro atoms. The molecule has 0 atom stereocenters. The summed E-state index contributed by atoms with van der Waals surface area (Å²) in [5, 5.41) is 11.0. The van der Waals surface area contributed by atoms with Gasteiger partial charge in [0, 0.05) is 18.0 Å². The van der Waals surface area contributed by atoms with Gasteiger partial charge in [-0.25, -0.2) is 8.78 Å². The zero-order valence-electron chi connectivity index (χ0n) is 15.7. The molecule has 3 nitrogen and oxygen atoms in total. The third kappa shape index (κ3) is 2.74. The number of nitrogens with zero attached hydrogens (tertiary/aromatic N) is 3. The maximum Gasteiger partial charge on any atom is 0.112 e. The first-order valence-electron chi connectivity index (χ1n) is 10.1. The molecule has 1 aromatic heterocycles. The molecular weight excluding hydrogens is 356 g/mol. The van der Waals surface area contributed by atoms with E-state index in [1.54, 1.807) is 4.90 Å². The normalized spacial score (nSPS) is 19.4. The van der Waals surface area contributed by atoms with Gasteiger partial charge >= 0.3 is 0 Å². The Morgan fingerprint density at radius 1 is 1.14 bits per heavy atom. The van der Waals surface area contributed by atoms with E-state index in [-0.39, 0.29) is 0 Å². The SMILES string of the molecule is N#Cc1c(C2=CC=CCN2C(CF)CF)n(C2CC2)c2cc(C3CC3)ccc12. The monoisotopic (exact) mass is 379 g/mol. The van der Waals surface area contributed by atoms with Crippen molar-refractivity contribution >= 4 is 16.6 Å². The highest BCUT2D eigenvalue weighted by molar-refractivity contribution is 5.93. The van der Waals surface area contributed by atoms with Gasteiger partial charge in [0.15, 0.2) is 0 Å². The fourth-order valence-electron chi connectivity index (χ4n) is 4.37. The molecule has 2 saturated carbocycles. The third-order valence-corrected chi connectivity index (χ3v) is 6.14. The number of fused-ring (bicyclic) bond motifs is 1. The summed E-state index contributed by atoms with van der Waals surface area (Å²) in [4.78, 5) is 1.77. The Labute approximate surface area is 163 Å². The minimum absolute atomic E-state index is 0.358. The molecule has 2 fully saturated rings. The van der Waals surface area contributed by atoms with Crippen LogP contribution < -0.4 is 0 Å². The molecule has 2 aliphatic carbocycles. The lowest BCUT2D eigenvalue weighted by molar-refractivity contribution is 0.211. The fraction of sp³-hybridized carbons (Fsp3) is 0.435. The lowest BCUT2D eigenvalue weighted by Gasteiger charge is -2.34. The second-order valence-electron chi connectivity index (χ2n) is 8.08. The number of rotatable bonds is 6. The molecule has 0 amide bonds. The van der Waals surface area contributed by atoms with E-state index in [1.807, 2.05) is 18.2 Å². The minimum Gasteiger partial charge on any atom is -0.358 e. The number of aromatic nitrogens is 1. The Morgan fingerprint density at radius 2 is 1.93 bits per heavy atom. The van der Waals surface area contributed by atoms with Crippen molar-refractivity contribution in [2.24, 2.45) is 0 Å². The zero-order chi connectivity index (χ0) is 19.3. The summed E-state index contributed by atoms with van der Waals surface area (Å²) >= 11 is 0. The Balaban J connectivity index is 1.74. The maximum atomic E-state index is 13.5. The van der Waals surface area contributed by atoms with E-state index < -0.39 is 19.4 Å². The van der Waals surface area contributed by atoms with Gasteiger partial charge in [-0.1, -0.05) is 24.3 Å². The van der Waals surface area contributed by atoms with E-state index in [4.69, 9.17) is 0 Å². The van der Waals surface area contributed by atoms with Gasteiger partial charge < -0.3 is 9.47 Å². The maximum absolute atomic E-state index is 13.5. The largest absolute Gasteiger partial charge is 0.358 e. The van der Waals surface area contributed by atoms with Crippen LogP contribution >= 0.6 is 0 Å². The second kappa shape index (κ2) is 6.77. The zero-order valence-corrected chi connectivity index (χ0v) is 15.7. The molecule has 28 heavy (non-hydrogen) atoms. The van der Waals surface area contributed by atoms with Crippen LogP contribution in [0.2, 0.25) is 0 Å². The van der Waals surface area contributed by atoms with Crippen LogP contribution in [0.5, 0.6) is 0 Å². The van der Waals surface area contributed by atoms with Gasteiger partial charge in [0.05, 0.1) is 28.5 Å². The van der Waals surface area contributed by atoms with Crippen LogP contribution in [-0.2, 0) is 0 Å². The van der Waals surface area contributed by atoms with E-state index in [9.17, 15) is 14.0 Å². The van der Waals surface area contributed by atoms with Crippen LogP contribution in [-0.4, -0.2) is 35.4 Å². The van der Waals surface area contributed by atoms with Gasteiger partial charge in [-0.15, -0.1) is 0 Å². The van der Waals surface area contributed by atoms with Crippen molar-refractivity contribution in [2.75, 3.05) is 19.9 Å². The summed E-state index contributed by atoms with van der Waals surface area (Å²) in [6, 6.07) is 8.37. The van der Waals surface area contributed by atoms with Gasteiger partial charge in [0.25, 0.3) is 0 Å². The van der Waals surface area contributed by atoms with Crippen molar-refractivity contribution in [1.29, 1.82) is 5.26 Å². The number of nitriles is 1. The number of hydrogen-bond donors (Lipinski definition) is 0.